The van der Waals surface area contributed by atoms with E-state index in [2.05, 4.69) is 0 Å². The summed E-state index contributed by atoms with van der Waals surface area (Å²) in [6, 6.07) is 0. The summed E-state index contributed by atoms with van der Waals surface area (Å²) in [5, 5.41) is 9.11. The highest BCUT2D eigenvalue weighted by Crippen LogP contribution is 2.37. The third-order valence-electron chi connectivity index (χ3n) is 4.04. The minimum atomic E-state index is -3.49. The number of hydrogen-bond acceptors (Lipinski definition) is 4. The van der Waals surface area contributed by atoms with Crippen molar-refractivity contribution >= 4 is 16.0 Å². The first-order valence-corrected chi connectivity index (χ1v) is 8.71. The average molecular weight is 307 g/mol. The van der Waals surface area contributed by atoms with Gasteiger partial charge in [0.15, 0.2) is 0 Å². The first-order chi connectivity index (χ1) is 9.34. The molecular weight excluding hydrogens is 282 g/mol. The van der Waals surface area contributed by atoms with Crippen LogP contribution in [-0.4, -0.2) is 55.4 Å². The molecular formula is C13H25NO5S. The summed E-state index contributed by atoms with van der Waals surface area (Å²) >= 11 is 0. The molecule has 0 atom stereocenters. The summed E-state index contributed by atoms with van der Waals surface area (Å²) in [6.45, 7) is 2.43. The molecule has 118 valence electrons. The van der Waals surface area contributed by atoms with Gasteiger partial charge in [0.2, 0.25) is 10.0 Å². The average Bonchev–Trinajstić information content (AvgIpc) is 2.38. The van der Waals surface area contributed by atoms with Crippen LogP contribution in [-0.2, 0) is 19.6 Å². The van der Waals surface area contributed by atoms with Crippen LogP contribution in [0.1, 0.15) is 45.4 Å². The lowest BCUT2D eigenvalue weighted by molar-refractivity contribution is -0.140. The summed E-state index contributed by atoms with van der Waals surface area (Å²) in [6.07, 6.45) is 3.89. The van der Waals surface area contributed by atoms with Crippen LogP contribution in [0.4, 0.5) is 0 Å². The third-order valence-corrected chi connectivity index (χ3v) is 5.94. The number of rotatable bonds is 8. The lowest BCUT2D eigenvalue weighted by Crippen LogP contribution is -2.52. The van der Waals surface area contributed by atoms with Crippen LogP contribution in [0.3, 0.4) is 0 Å². The largest absolute Gasteiger partial charge is 0.481 e. The summed E-state index contributed by atoms with van der Waals surface area (Å²) in [7, 11) is -1.98. The van der Waals surface area contributed by atoms with Gasteiger partial charge in [-0.2, -0.15) is 4.31 Å². The van der Waals surface area contributed by atoms with Crippen LogP contribution in [0.15, 0.2) is 0 Å². The molecule has 20 heavy (non-hydrogen) atoms. The molecule has 0 heterocycles. The van der Waals surface area contributed by atoms with Crippen molar-refractivity contribution in [2.45, 2.75) is 51.0 Å². The van der Waals surface area contributed by atoms with Gasteiger partial charge in [-0.25, -0.2) is 8.42 Å². The molecule has 1 aliphatic carbocycles. The Balaban J connectivity index is 2.86. The lowest BCUT2D eigenvalue weighted by Gasteiger charge is -2.42. The highest BCUT2D eigenvalue weighted by molar-refractivity contribution is 7.89. The molecule has 0 unspecified atom stereocenters. The van der Waals surface area contributed by atoms with Gasteiger partial charge in [0.1, 0.15) is 0 Å². The predicted molar refractivity (Wildman–Crippen MR) is 76.1 cm³/mol. The quantitative estimate of drug-likeness (QED) is 0.686. The molecule has 0 saturated heterocycles. The Hall–Kier alpha value is -0.660. The zero-order chi connectivity index (χ0) is 15.2. The second-order valence-electron chi connectivity index (χ2n) is 5.34. The van der Waals surface area contributed by atoms with Crippen molar-refractivity contribution in [1.29, 1.82) is 0 Å². The fourth-order valence-corrected chi connectivity index (χ4v) is 4.27. The van der Waals surface area contributed by atoms with Gasteiger partial charge < -0.3 is 9.84 Å². The molecule has 1 fully saturated rings. The molecule has 0 aromatic rings. The van der Waals surface area contributed by atoms with Crippen molar-refractivity contribution in [3.8, 4) is 0 Å². The molecule has 0 aromatic carbocycles. The maximum Gasteiger partial charge on any atom is 0.305 e. The minimum Gasteiger partial charge on any atom is -0.481 e. The number of sulfonamides is 1. The fourth-order valence-electron chi connectivity index (χ4n) is 2.83. The molecule has 0 radical (unpaired) electrons. The Morgan fingerprint density at radius 1 is 1.30 bits per heavy atom. The Labute approximate surface area is 121 Å². The van der Waals surface area contributed by atoms with E-state index in [0.717, 1.165) is 19.3 Å². The van der Waals surface area contributed by atoms with Crippen molar-refractivity contribution in [3.63, 3.8) is 0 Å². The van der Waals surface area contributed by atoms with Crippen LogP contribution < -0.4 is 0 Å². The van der Waals surface area contributed by atoms with E-state index in [1.54, 1.807) is 0 Å². The highest BCUT2D eigenvalue weighted by atomic mass is 32.2. The van der Waals surface area contributed by atoms with Gasteiger partial charge in [0, 0.05) is 19.2 Å². The van der Waals surface area contributed by atoms with Gasteiger partial charge in [-0.15, -0.1) is 0 Å². The van der Waals surface area contributed by atoms with E-state index in [-0.39, 0.29) is 18.8 Å². The smallest absolute Gasteiger partial charge is 0.305 e. The van der Waals surface area contributed by atoms with E-state index in [4.69, 9.17) is 9.84 Å². The maximum atomic E-state index is 12.3. The van der Waals surface area contributed by atoms with Gasteiger partial charge in [-0.3, -0.25) is 4.79 Å². The topological polar surface area (TPSA) is 83.9 Å². The Bertz CT molecular complexity index is 414. The molecule has 0 amide bonds. The van der Waals surface area contributed by atoms with Crippen LogP contribution in [0, 0.1) is 0 Å². The van der Waals surface area contributed by atoms with E-state index < -0.39 is 21.5 Å². The van der Waals surface area contributed by atoms with Crippen molar-refractivity contribution in [1.82, 2.24) is 4.31 Å². The van der Waals surface area contributed by atoms with E-state index in [1.165, 1.54) is 11.4 Å². The van der Waals surface area contributed by atoms with E-state index in [0.29, 0.717) is 19.4 Å². The normalized spacial score (nSPS) is 19.1. The van der Waals surface area contributed by atoms with Crippen molar-refractivity contribution in [2.75, 3.05) is 26.0 Å². The number of carboxylic acids is 1. The first kappa shape index (κ1) is 17.4. The SMILES string of the molecule is CCOCCS(=O)(=O)N(C)C1(CC(=O)O)CCCCC1. The second-order valence-corrected chi connectivity index (χ2v) is 7.46. The summed E-state index contributed by atoms with van der Waals surface area (Å²) < 4.78 is 31.1. The predicted octanol–water partition coefficient (Wildman–Crippen LogP) is 1.46. The zero-order valence-electron chi connectivity index (χ0n) is 12.3. The van der Waals surface area contributed by atoms with Crippen LogP contribution in [0.2, 0.25) is 0 Å². The monoisotopic (exact) mass is 307 g/mol. The van der Waals surface area contributed by atoms with Crippen LogP contribution >= 0.6 is 0 Å². The van der Waals surface area contributed by atoms with E-state index in [9.17, 15) is 13.2 Å². The Morgan fingerprint density at radius 3 is 2.40 bits per heavy atom. The van der Waals surface area contributed by atoms with Gasteiger partial charge in [0.05, 0.1) is 18.8 Å². The molecule has 0 aromatic heterocycles. The first-order valence-electron chi connectivity index (χ1n) is 7.10. The summed E-state index contributed by atoms with van der Waals surface area (Å²) in [4.78, 5) is 11.1. The molecule has 7 heteroatoms. The molecule has 1 aliphatic rings. The fraction of sp³-hybridized carbons (Fsp3) is 0.923. The zero-order valence-corrected chi connectivity index (χ0v) is 13.1. The Kier molecular flexibility index (Phi) is 6.42. The van der Waals surface area contributed by atoms with Gasteiger partial charge in [-0.05, 0) is 19.8 Å². The van der Waals surface area contributed by atoms with Crippen LogP contribution in [0.25, 0.3) is 0 Å². The van der Waals surface area contributed by atoms with Crippen molar-refractivity contribution in [2.24, 2.45) is 0 Å². The molecule has 0 aliphatic heterocycles. The summed E-state index contributed by atoms with van der Waals surface area (Å²) in [5.74, 6) is -1.04. The van der Waals surface area contributed by atoms with Crippen molar-refractivity contribution in [3.05, 3.63) is 0 Å². The highest BCUT2D eigenvalue weighted by Gasteiger charge is 2.43. The van der Waals surface area contributed by atoms with Gasteiger partial charge in [0.25, 0.3) is 0 Å². The lowest BCUT2D eigenvalue weighted by atomic mass is 9.79. The standard InChI is InChI=1S/C13H25NO5S/c1-3-19-9-10-20(17,18)14(2)13(11-12(15)16)7-5-4-6-8-13/h3-11H2,1-2H3,(H,15,16). The maximum absolute atomic E-state index is 12.3. The molecule has 0 bridgehead atoms. The molecule has 0 spiro atoms. The second kappa shape index (κ2) is 7.38. The Morgan fingerprint density at radius 2 is 1.90 bits per heavy atom. The van der Waals surface area contributed by atoms with Crippen LogP contribution in [0.5, 0.6) is 0 Å². The van der Waals surface area contributed by atoms with Gasteiger partial charge >= 0.3 is 5.97 Å². The van der Waals surface area contributed by atoms with Gasteiger partial charge in [-0.1, -0.05) is 19.3 Å². The van der Waals surface area contributed by atoms with E-state index >= 15 is 0 Å². The molecule has 1 rings (SSSR count). The minimum absolute atomic E-state index is 0.0985. The number of ether oxygens (including phenoxy) is 1. The molecule has 1 N–H and O–H groups in total. The third kappa shape index (κ3) is 4.43. The van der Waals surface area contributed by atoms with Crippen molar-refractivity contribution < 1.29 is 23.1 Å². The summed E-state index contributed by atoms with van der Waals surface area (Å²) in [5.41, 5.74) is -0.769. The molecule has 1 saturated carbocycles. The number of carbonyl (C=O) groups is 1. The number of nitrogens with zero attached hydrogens (tertiary/aromatic N) is 1. The number of hydrogen-bond donors (Lipinski definition) is 1. The molecule has 6 nitrogen and oxygen atoms in total. The van der Waals surface area contributed by atoms with E-state index in [1.807, 2.05) is 6.92 Å². The number of carboxylic acid groups (broad SMARTS) is 1. The number of aliphatic carboxylic acids is 1.